The van der Waals surface area contributed by atoms with Gasteiger partial charge in [0.1, 0.15) is 5.75 Å². The molecule has 0 bridgehead atoms. The highest BCUT2D eigenvalue weighted by molar-refractivity contribution is 9.10. The highest BCUT2D eigenvalue weighted by Gasteiger charge is 2.34. The predicted octanol–water partition coefficient (Wildman–Crippen LogP) is 5.44. The second-order valence-electron chi connectivity index (χ2n) is 9.06. The summed E-state index contributed by atoms with van der Waals surface area (Å²) in [6, 6.07) is 8.16. The summed E-state index contributed by atoms with van der Waals surface area (Å²) in [6.07, 6.45) is 1.64. The van der Waals surface area contributed by atoms with Crippen LogP contribution in [0.25, 0.3) is 11.0 Å². The first kappa shape index (κ1) is 22.3. The van der Waals surface area contributed by atoms with Gasteiger partial charge in [0.05, 0.1) is 31.4 Å². The van der Waals surface area contributed by atoms with Gasteiger partial charge in [-0.2, -0.15) is 5.10 Å². The summed E-state index contributed by atoms with van der Waals surface area (Å²) < 4.78 is 6.70. The van der Waals surface area contributed by atoms with Crippen molar-refractivity contribution in [3.8, 4) is 5.75 Å². The van der Waals surface area contributed by atoms with E-state index in [2.05, 4.69) is 70.3 Å². The van der Waals surface area contributed by atoms with Crippen LogP contribution in [0.5, 0.6) is 5.75 Å². The summed E-state index contributed by atoms with van der Waals surface area (Å²) >= 11 is 3.36. The summed E-state index contributed by atoms with van der Waals surface area (Å²) in [5, 5.41) is 10.6. The van der Waals surface area contributed by atoms with Gasteiger partial charge in [0, 0.05) is 16.7 Å². The van der Waals surface area contributed by atoms with Gasteiger partial charge in [-0.25, -0.2) is 4.98 Å². The largest absolute Gasteiger partial charge is 0.494 e. The van der Waals surface area contributed by atoms with E-state index in [1.54, 1.807) is 24.4 Å². The van der Waals surface area contributed by atoms with Crippen molar-refractivity contribution in [2.24, 2.45) is 0 Å². The van der Waals surface area contributed by atoms with Crippen molar-refractivity contribution in [3.05, 3.63) is 40.6 Å². The number of rotatable bonds is 6. The van der Waals surface area contributed by atoms with Gasteiger partial charge < -0.3 is 15.8 Å². The number of carbonyl (C=O) groups excluding carboxylic acids is 1. The molecule has 9 heteroatoms. The Morgan fingerprint density at radius 1 is 1.30 bits per heavy atom. The van der Waals surface area contributed by atoms with Crippen molar-refractivity contribution >= 4 is 52.3 Å². The molecule has 0 aliphatic heterocycles. The number of hydrogen-bond donors (Lipinski definition) is 3. The van der Waals surface area contributed by atoms with Crippen molar-refractivity contribution in [2.45, 2.75) is 44.9 Å². The molecule has 2 heterocycles. The van der Waals surface area contributed by atoms with Crippen LogP contribution in [0.2, 0.25) is 24.2 Å². The molecule has 3 aromatic rings. The number of nitrogens with one attached hydrogen (secondary N) is 2. The molecule has 30 heavy (non-hydrogen) atoms. The maximum absolute atomic E-state index is 12.7. The SMILES string of the molecule is CC(C)(C)[Si](C)(C)CCOc1ccc(NC(=O)c2n[nH]c3ncc(Br)cc23)c(N)c1. The van der Waals surface area contributed by atoms with Crippen molar-refractivity contribution in [2.75, 3.05) is 17.7 Å². The van der Waals surface area contributed by atoms with Crippen molar-refractivity contribution < 1.29 is 9.53 Å². The fourth-order valence-corrected chi connectivity index (χ4v) is 4.47. The Kier molecular flexibility index (Phi) is 6.23. The van der Waals surface area contributed by atoms with Crippen LogP contribution in [0.15, 0.2) is 34.9 Å². The highest BCUT2D eigenvalue weighted by Crippen LogP contribution is 2.38. The molecule has 0 unspecified atom stereocenters. The molecule has 0 fully saturated rings. The number of hydrogen-bond acceptors (Lipinski definition) is 5. The number of amides is 1. The number of nitrogens with two attached hydrogens (primary N) is 1. The summed E-state index contributed by atoms with van der Waals surface area (Å²) in [5.41, 5.74) is 7.90. The Hall–Kier alpha value is -2.39. The van der Waals surface area contributed by atoms with Gasteiger partial charge >= 0.3 is 0 Å². The van der Waals surface area contributed by atoms with Crippen LogP contribution in [0.4, 0.5) is 11.4 Å². The number of aromatic amines is 1. The zero-order valence-corrected chi connectivity index (χ0v) is 20.6. The Bertz CT molecular complexity index is 1070. The number of H-pyrrole nitrogens is 1. The third-order valence-electron chi connectivity index (χ3n) is 5.90. The van der Waals surface area contributed by atoms with E-state index in [1.165, 1.54) is 0 Å². The lowest BCUT2D eigenvalue weighted by Gasteiger charge is -2.36. The van der Waals surface area contributed by atoms with Crippen LogP contribution in [0.3, 0.4) is 0 Å². The second kappa shape index (κ2) is 8.39. The molecule has 0 spiro atoms. The van der Waals surface area contributed by atoms with Gasteiger partial charge in [-0.1, -0.05) is 33.9 Å². The minimum absolute atomic E-state index is 0.257. The van der Waals surface area contributed by atoms with Gasteiger partial charge in [-0.15, -0.1) is 0 Å². The molecule has 1 amide bonds. The van der Waals surface area contributed by atoms with Gasteiger partial charge in [0.25, 0.3) is 5.91 Å². The first-order valence-corrected chi connectivity index (χ1v) is 13.8. The smallest absolute Gasteiger partial charge is 0.276 e. The number of nitrogen functional groups attached to an aromatic ring is 1. The molecule has 0 atom stereocenters. The first-order valence-electron chi connectivity index (χ1n) is 9.81. The number of fused-ring (bicyclic) bond motifs is 1. The van der Waals surface area contributed by atoms with E-state index >= 15 is 0 Å². The molecule has 160 valence electrons. The van der Waals surface area contributed by atoms with E-state index < -0.39 is 8.07 Å². The van der Waals surface area contributed by atoms with E-state index in [0.29, 0.717) is 39.8 Å². The topological polar surface area (TPSA) is 106 Å². The average molecular weight is 490 g/mol. The third kappa shape index (κ3) is 4.84. The number of anilines is 2. The molecule has 4 N–H and O–H groups in total. The zero-order valence-electron chi connectivity index (χ0n) is 18.0. The van der Waals surface area contributed by atoms with E-state index in [-0.39, 0.29) is 11.6 Å². The fraction of sp³-hybridized carbons (Fsp3) is 0.381. The van der Waals surface area contributed by atoms with Crippen LogP contribution >= 0.6 is 15.9 Å². The van der Waals surface area contributed by atoms with Crippen molar-refractivity contribution in [1.29, 1.82) is 0 Å². The van der Waals surface area contributed by atoms with Gasteiger partial charge in [0.2, 0.25) is 0 Å². The van der Waals surface area contributed by atoms with Crippen LogP contribution < -0.4 is 15.8 Å². The predicted molar refractivity (Wildman–Crippen MR) is 128 cm³/mol. The number of aromatic nitrogens is 3. The Morgan fingerprint density at radius 2 is 2.03 bits per heavy atom. The van der Waals surface area contributed by atoms with E-state index in [9.17, 15) is 4.79 Å². The zero-order chi connectivity index (χ0) is 22.1. The Morgan fingerprint density at radius 3 is 2.70 bits per heavy atom. The van der Waals surface area contributed by atoms with Crippen LogP contribution in [0, 0.1) is 0 Å². The molecule has 1 aromatic carbocycles. The quantitative estimate of drug-likeness (QED) is 0.315. The number of ether oxygens (including phenoxy) is 1. The molecule has 0 aliphatic rings. The van der Waals surface area contributed by atoms with Crippen LogP contribution in [0.1, 0.15) is 31.3 Å². The summed E-state index contributed by atoms with van der Waals surface area (Å²) in [4.78, 5) is 16.9. The maximum Gasteiger partial charge on any atom is 0.276 e. The van der Waals surface area contributed by atoms with Crippen LogP contribution in [-0.2, 0) is 0 Å². The lowest BCUT2D eigenvalue weighted by atomic mass is 10.2. The average Bonchev–Trinajstić information content (AvgIpc) is 3.06. The third-order valence-corrected chi connectivity index (χ3v) is 11.8. The minimum atomic E-state index is -1.39. The molecule has 0 aliphatic carbocycles. The highest BCUT2D eigenvalue weighted by atomic mass is 79.9. The standard InChI is InChI=1S/C21H28BrN5O2Si/c1-21(2,3)30(4,5)9-8-29-14-6-7-17(16(23)11-14)25-20(28)18-15-10-13(22)12-24-19(15)27-26-18/h6-7,10-12H,8-9,23H2,1-5H3,(H,25,28)(H,24,26,27). The molecular weight excluding hydrogens is 462 g/mol. The van der Waals surface area contributed by atoms with E-state index in [4.69, 9.17) is 10.5 Å². The fourth-order valence-electron chi connectivity index (χ4n) is 2.78. The maximum atomic E-state index is 12.7. The minimum Gasteiger partial charge on any atom is -0.494 e. The first-order chi connectivity index (χ1) is 14.0. The van der Waals surface area contributed by atoms with Gasteiger partial charge in [0.15, 0.2) is 11.3 Å². The van der Waals surface area contributed by atoms with E-state index in [0.717, 1.165) is 10.5 Å². The second-order valence-corrected chi connectivity index (χ2v) is 15.7. The summed E-state index contributed by atoms with van der Waals surface area (Å²) in [6.45, 7) is 12.3. The van der Waals surface area contributed by atoms with Crippen molar-refractivity contribution in [1.82, 2.24) is 15.2 Å². The lowest BCUT2D eigenvalue weighted by Crippen LogP contribution is -2.38. The monoisotopic (exact) mass is 489 g/mol. The van der Waals surface area contributed by atoms with Crippen molar-refractivity contribution in [3.63, 3.8) is 0 Å². The number of pyridine rings is 1. The Labute approximate surface area is 185 Å². The molecule has 0 saturated heterocycles. The molecule has 2 aromatic heterocycles. The van der Waals surface area contributed by atoms with Crippen LogP contribution in [-0.4, -0.2) is 35.8 Å². The summed E-state index contributed by atoms with van der Waals surface area (Å²) in [7, 11) is -1.39. The van der Waals surface area contributed by atoms with E-state index in [1.807, 2.05) is 6.07 Å². The molecule has 0 saturated carbocycles. The lowest BCUT2D eigenvalue weighted by molar-refractivity contribution is 0.102. The normalized spacial score (nSPS) is 12.2. The van der Waals surface area contributed by atoms with Gasteiger partial charge in [-0.3, -0.25) is 9.89 Å². The number of benzene rings is 1. The number of nitrogens with zero attached hydrogens (tertiary/aromatic N) is 2. The molecule has 0 radical (unpaired) electrons. The molecular formula is C21H28BrN5O2Si. The molecule has 3 rings (SSSR count). The number of halogens is 1. The van der Waals surface area contributed by atoms with Gasteiger partial charge in [-0.05, 0) is 45.2 Å². The number of carbonyl (C=O) groups is 1. The Balaban J connectivity index is 1.66. The molecule has 7 nitrogen and oxygen atoms in total. The summed E-state index contributed by atoms with van der Waals surface area (Å²) in [5.74, 6) is 0.335.